The third-order valence-corrected chi connectivity index (χ3v) is 2.93. The summed E-state index contributed by atoms with van der Waals surface area (Å²) in [6.07, 6.45) is 3.36. The second kappa shape index (κ2) is 6.10. The van der Waals surface area contributed by atoms with Crippen LogP contribution in [-0.2, 0) is 0 Å². The van der Waals surface area contributed by atoms with Gasteiger partial charge < -0.3 is 19.8 Å². The van der Waals surface area contributed by atoms with Gasteiger partial charge in [-0.05, 0) is 19.1 Å². The van der Waals surface area contributed by atoms with Crippen LogP contribution in [0.1, 0.15) is 29.1 Å². The summed E-state index contributed by atoms with van der Waals surface area (Å²) in [5.41, 5.74) is 0.451. The van der Waals surface area contributed by atoms with Crippen molar-refractivity contribution in [2.45, 2.75) is 13.0 Å². The highest BCUT2D eigenvalue weighted by atomic mass is 16.5. The molecule has 1 heterocycles. The van der Waals surface area contributed by atoms with E-state index in [2.05, 4.69) is 15.3 Å². The number of nitrogens with zero attached hydrogens (tertiary/aromatic N) is 1. The van der Waals surface area contributed by atoms with Gasteiger partial charge in [-0.2, -0.15) is 0 Å². The molecule has 2 aromatic rings. The topological polar surface area (TPSA) is 76.2 Å². The molecule has 0 fully saturated rings. The maximum atomic E-state index is 12.3. The Kier molecular flexibility index (Phi) is 4.24. The van der Waals surface area contributed by atoms with E-state index in [1.54, 1.807) is 37.7 Å². The van der Waals surface area contributed by atoms with Gasteiger partial charge >= 0.3 is 0 Å². The molecule has 6 nitrogen and oxygen atoms in total. The number of amides is 1. The van der Waals surface area contributed by atoms with E-state index in [1.807, 2.05) is 6.92 Å². The molecule has 1 aromatic heterocycles. The van der Waals surface area contributed by atoms with E-state index >= 15 is 0 Å². The molecule has 106 valence electrons. The number of hydrogen-bond donors (Lipinski definition) is 2. The van der Waals surface area contributed by atoms with Crippen molar-refractivity contribution in [1.82, 2.24) is 15.3 Å². The number of carbonyl (C=O) groups excluding carboxylic acids is 1. The maximum Gasteiger partial charge on any atom is 0.255 e. The summed E-state index contributed by atoms with van der Waals surface area (Å²) in [5.74, 6) is 1.57. The third-order valence-electron chi connectivity index (χ3n) is 2.93. The monoisotopic (exact) mass is 275 g/mol. The van der Waals surface area contributed by atoms with Crippen molar-refractivity contribution in [3.8, 4) is 11.5 Å². The minimum absolute atomic E-state index is 0.218. The zero-order chi connectivity index (χ0) is 14.5. The number of ether oxygens (including phenoxy) is 2. The molecule has 1 amide bonds. The molecule has 1 unspecified atom stereocenters. The first-order chi connectivity index (χ1) is 9.65. The van der Waals surface area contributed by atoms with Crippen LogP contribution in [0.25, 0.3) is 0 Å². The van der Waals surface area contributed by atoms with Gasteiger partial charge in [0.15, 0.2) is 0 Å². The number of rotatable bonds is 5. The number of methoxy groups -OCH3 is 2. The van der Waals surface area contributed by atoms with Crippen molar-refractivity contribution in [3.63, 3.8) is 0 Å². The minimum Gasteiger partial charge on any atom is -0.497 e. The number of aromatic amines is 1. The highest BCUT2D eigenvalue weighted by Crippen LogP contribution is 2.25. The Bertz CT molecular complexity index is 581. The molecule has 2 rings (SSSR count). The third kappa shape index (κ3) is 2.90. The van der Waals surface area contributed by atoms with Crippen LogP contribution in [0.3, 0.4) is 0 Å². The van der Waals surface area contributed by atoms with Gasteiger partial charge in [0.25, 0.3) is 5.91 Å². The van der Waals surface area contributed by atoms with Crippen LogP contribution in [0.2, 0.25) is 0 Å². The van der Waals surface area contributed by atoms with E-state index in [1.165, 1.54) is 7.11 Å². The second-order valence-corrected chi connectivity index (χ2v) is 4.24. The molecule has 0 saturated carbocycles. The first-order valence-corrected chi connectivity index (χ1v) is 6.18. The van der Waals surface area contributed by atoms with Crippen molar-refractivity contribution in [2.24, 2.45) is 0 Å². The van der Waals surface area contributed by atoms with Crippen molar-refractivity contribution in [2.75, 3.05) is 14.2 Å². The van der Waals surface area contributed by atoms with E-state index in [4.69, 9.17) is 9.47 Å². The molecule has 6 heteroatoms. The van der Waals surface area contributed by atoms with Crippen LogP contribution >= 0.6 is 0 Å². The molecule has 0 saturated heterocycles. The Morgan fingerprint density at radius 2 is 2.15 bits per heavy atom. The SMILES string of the molecule is COc1ccc(C(=O)NC(C)c2ncc[nH]2)c(OC)c1. The summed E-state index contributed by atoms with van der Waals surface area (Å²) in [6.45, 7) is 1.85. The van der Waals surface area contributed by atoms with Crippen LogP contribution < -0.4 is 14.8 Å². The van der Waals surface area contributed by atoms with Crippen LogP contribution in [0.4, 0.5) is 0 Å². The molecule has 20 heavy (non-hydrogen) atoms. The number of H-pyrrole nitrogens is 1. The Morgan fingerprint density at radius 3 is 2.75 bits per heavy atom. The first-order valence-electron chi connectivity index (χ1n) is 6.18. The number of nitrogens with one attached hydrogen (secondary N) is 2. The van der Waals surface area contributed by atoms with Crippen LogP contribution in [0.15, 0.2) is 30.6 Å². The molecule has 0 aliphatic carbocycles. The van der Waals surface area contributed by atoms with Crippen LogP contribution in [0, 0.1) is 0 Å². The molecular weight excluding hydrogens is 258 g/mol. The molecule has 0 aliphatic heterocycles. The first kappa shape index (κ1) is 13.9. The summed E-state index contributed by atoms with van der Waals surface area (Å²) in [5, 5.41) is 2.86. The Morgan fingerprint density at radius 1 is 1.35 bits per heavy atom. The fraction of sp³-hybridized carbons (Fsp3) is 0.286. The highest BCUT2D eigenvalue weighted by Gasteiger charge is 2.17. The van der Waals surface area contributed by atoms with Crippen molar-refractivity contribution >= 4 is 5.91 Å². The van der Waals surface area contributed by atoms with E-state index < -0.39 is 0 Å². The highest BCUT2D eigenvalue weighted by molar-refractivity contribution is 5.97. The Labute approximate surface area is 117 Å². The van der Waals surface area contributed by atoms with Gasteiger partial charge in [0, 0.05) is 18.5 Å². The lowest BCUT2D eigenvalue weighted by atomic mass is 10.1. The van der Waals surface area contributed by atoms with E-state index in [9.17, 15) is 4.79 Å². The minimum atomic E-state index is -0.228. The molecule has 0 aliphatic rings. The molecule has 2 N–H and O–H groups in total. The summed E-state index contributed by atoms with van der Waals surface area (Å²) in [6, 6.07) is 4.84. The smallest absolute Gasteiger partial charge is 0.255 e. The number of aromatic nitrogens is 2. The molecule has 1 atom stereocenters. The fourth-order valence-electron chi connectivity index (χ4n) is 1.84. The summed E-state index contributed by atoms with van der Waals surface area (Å²) < 4.78 is 10.3. The van der Waals surface area contributed by atoms with Crippen LogP contribution in [-0.4, -0.2) is 30.1 Å². The lowest BCUT2D eigenvalue weighted by molar-refractivity contribution is 0.0935. The lowest BCUT2D eigenvalue weighted by Gasteiger charge is -2.14. The average Bonchev–Trinajstić information content (AvgIpc) is 3.00. The normalized spacial score (nSPS) is 11.8. The van der Waals surface area contributed by atoms with E-state index in [-0.39, 0.29) is 11.9 Å². The van der Waals surface area contributed by atoms with Gasteiger partial charge in [-0.25, -0.2) is 4.98 Å². The van der Waals surface area contributed by atoms with E-state index in [0.717, 1.165) is 0 Å². The standard InChI is InChI=1S/C14H17N3O3/c1-9(13-15-6-7-16-13)17-14(18)11-5-4-10(19-2)8-12(11)20-3/h4-9H,1-3H3,(H,15,16)(H,17,18). The molecule has 0 spiro atoms. The van der Waals surface area contributed by atoms with E-state index in [0.29, 0.717) is 22.9 Å². The second-order valence-electron chi connectivity index (χ2n) is 4.24. The largest absolute Gasteiger partial charge is 0.497 e. The maximum absolute atomic E-state index is 12.3. The quantitative estimate of drug-likeness (QED) is 0.874. The van der Waals surface area contributed by atoms with Gasteiger partial charge in [-0.15, -0.1) is 0 Å². The predicted octanol–water partition coefficient (Wildman–Crippen LogP) is 1.92. The van der Waals surface area contributed by atoms with Crippen molar-refractivity contribution in [1.29, 1.82) is 0 Å². The molecule has 0 bridgehead atoms. The zero-order valence-electron chi connectivity index (χ0n) is 11.6. The Balaban J connectivity index is 2.16. The van der Waals surface area contributed by atoms with Gasteiger partial charge in [-0.3, -0.25) is 4.79 Å². The predicted molar refractivity (Wildman–Crippen MR) is 74.0 cm³/mol. The zero-order valence-corrected chi connectivity index (χ0v) is 11.6. The van der Waals surface area contributed by atoms with Crippen molar-refractivity contribution < 1.29 is 14.3 Å². The fourth-order valence-corrected chi connectivity index (χ4v) is 1.84. The molecule has 1 aromatic carbocycles. The number of benzene rings is 1. The van der Waals surface area contributed by atoms with Gasteiger partial charge in [-0.1, -0.05) is 0 Å². The van der Waals surface area contributed by atoms with Crippen LogP contribution in [0.5, 0.6) is 11.5 Å². The Hall–Kier alpha value is -2.50. The summed E-state index contributed by atoms with van der Waals surface area (Å²) in [4.78, 5) is 19.3. The molecule has 0 radical (unpaired) electrons. The molecular formula is C14H17N3O3. The van der Waals surface area contributed by atoms with Crippen molar-refractivity contribution in [3.05, 3.63) is 42.0 Å². The summed E-state index contributed by atoms with van der Waals surface area (Å²) in [7, 11) is 3.08. The van der Waals surface area contributed by atoms with Gasteiger partial charge in [0.05, 0.1) is 25.8 Å². The van der Waals surface area contributed by atoms with Gasteiger partial charge in [0.2, 0.25) is 0 Å². The van der Waals surface area contributed by atoms with Gasteiger partial charge in [0.1, 0.15) is 17.3 Å². The average molecular weight is 275 g/mol. The number of carbonyl (C=O) groups is 1. The number of hydrogen-bond acceptors (Lipinski definition) is 4. The lowest BCUT2D eigenvalue weighted by Crippen LogP contribution is -2.27. The summed E-state index contributed by atoms with van der Waals surface area (Å²) >= 11 is 0. The number of imidazole rings is 1.